The highest BCUT2D eigenvalue weighted by Gasteiger charge is 2.35. The molecule has 0 atom stereocenters. The van der Waals surface area contributed by atoms with Crippen LogP contribution in [0.2, 0.25) is 5.02 Å². The van der Waals surface area contributed by atoms with E-state index in [9.17, 15) is 26.4 Å². The molecule has 0 radical (unpaired) electrons. The van der Waals surface area contributed by atoms with E-state index in [4.69, 9.17) is 16.7 Å². The lowest BCUT2D eigenvalue weighted by Gasteiger charge is -2.25. The number of carbonyl (C=O) groups is 1. The third-order valence-electron chi connectivity index (χ3n) is 2.93. The van der Waals surface area contributed by atoms with Gasteiger partial charge in [-0.2, -0.15) is 13.2 Å². The number of carboxylic acids is 1. The monoisotopic (exact) mass is 373 g/mol. The van der Waals surface area contributed by atoms with Crippen molar-refractivity contribution in [2.24, 2.45) is 0 Å². The zero-order chi connectivity index (χ0) is 18.1. The summed E-state index contributed by atoms with van der Waals surface area (Å²) in [7, 11) is -4.27. The standard InChI is InChI=1S/C13H15ClF3NO4S/c1-12(2,6-5-11(19)20)18-23(21,22)8-3-4-10(14)9(7-8)13(15,16)17/h3-4,7,18H,5-6H2,1-2H3,(H,19,20). The van der Waals surface area contributed by atoms with E-state index in [-0.39, 0.29) is 12.8 Å². The zero-order valence-electron chi connectivity index (χ0n) is 12.2. The number of alkyl halides is 3. The molecule has 5 nitrogen and oxygen atoms in total. The third-order valence-corrected chi connectivity index (χ3v) is 4.95. The van der Waals surface area contributed by atoms with Gasteiger partial charge in [-0.1, -0.05) is 11.6 Å². The molecule has 23 heavy (non-hydrogen) atoms. The molecule has 1 aromatic carbocycles. The largest absolute Gasteiger partial charge is 0.481 e. The SMILES string of the molecule is CC(C)(CCC(=O)O)NS(=O)(=O)c1ccc(Cl)c(C(F)(F)F)c1. The Hall–Kier alpha value is -1.32. The van der Waals surface area contributed by atoms with Crippen molar-refractivity contribution in [2.45, 2.75) is 43.3 Å². The van der Waals surface area contributed by atoms with Gasteiger partial charge in [0.25, 0.3) is 0 Å². The van der Waals surface area contributed by atoms with Gasteiger partial charge in [0.1, 0.15) is 0 Å². The number of benzene rings is 1. The summed E-state index contributed by atoms with van der Waals surface area (Å²) in [6.45, 7) is 2.88. The molecular formula is C13H15ClF3NO4S. The first-order valence-electron chi connectivity index (χ1n) is 6.37. The van der Waals surface area contributed by atoms with Crippen LogP contribution in [0.3, 0.4) is 0 Å². The van der Waals surface area contributed by atoms with Crippen molar-refractivity contribution in [1.82, 2.24) is 4.72 Å². The van der Waals surface area contributed by atoms with Gasteiger partial charge in [-0.25, -0.2) is 13.1 Å². The molecule has 0 aromatic heterocycles. The number of carboxylic acid groups (broad SMARTS) is 1. The highest BCUT2D eigenvalue weighted by molar-refractivity contribution is 7.89. The second-order valence-corrected chi connectivity index (χ2v) is 7.61. The molecule has 10 heteroatoms. The first-order valence-corrected chi connectivity index (χ1v) is 8.23. The van der Waals surface area contributed by atoms with Crippen LogP contribution in [0.1, 0.15) is 32.3 Å². The fourth-order valence-electron chi connectivity index (χ4n) is 1.78. The van der Waals surface area contributed by atoms with E-state index in [2.05, 4.69) is 4.72 Å². The van der Waals surface area contributed by atoms with Gasteiger partial charge in [0.2, 0.25) is 10.0 Å². The molecule has 0 fully saturated rings. The average molecular weight is 374 g/mol. The van der Waals surface area contributed by atoms with Gasteiger partial charge >= 0.3 is 12.1 Å². The minimum absolute atomic E-state index is 0.0265. The molecular weight excluding hydrogens is 359 g/mol. The topological polar surface area (TPSA) is 83.5 Å². The highest BCUT2D eigenvalue weighted by atomic mass is 35.5. The summed E-state index contributed by atoms with van der Waals surface area (Å²) >= 11 is 5.45. The number of halogens is 4. The molecule has 1 rings (SSSR count). The molecule has 0 amide bonds. The fourth-order valence-corrected chi connectivity index (χ4v) is 3.47. The lowest BCUT2D eigenvalue weighted by atomic mass is 10.0. The maximum Gasteiger partial charge on any atom is 0.417 e. The Kier molecular flexibility index (Phi) is 5.71. The number of hydrogen-bond donors (Lipinski definition) is 2. The smallest absolute Gasteiger partial charge is 0.417 e. The Morgan fingerprint density at radius 1 is 1.30 bits per heavy atom. The Labute approximate surface area is 136 Å². The molecule has 2 N–H and O–H groups in total. The molecule has 0 aliphatic rings. The normalized spacial score (nSPS) is 13.1. The maximum atomic E-state index is 12.8. The number of aliphatic carboxylic acids is 1. The zero-order valence-corrected chi connectivity index (χ0v) is 13.8. The predicted molar refractivity (Wildman–Crippen MR) is 77.7 cm³/mol. The minimum Gasteiger partial charge on any atom is -0.481 e. The molecule has 0 saturated heterocycles. The van der Waals surface area contributed by atoms with Crippen LogP contribution in [0.5, 0.6) is 0 Å². The van der Waals surface area contributed by atoms with Crippen LogP contribution in [-0.4, -0.2) is 25.0 Å². The van der Waals surface area contributed by atoms with Crippen molar-refractivity contribution >= 4 is 27.6 Å². The molecule has 0 aliphatic heterocycles. The number of hydrogen-bond acceptors (Lipinski definition) is 3. The van der Waals surface area contributed by atoms with E-state index in [1.807, 2.05) is 0 Å². The molecule has 1 aromatic rings. The quantitative estimate of drug-likeness (QED) is 0.801. The summed E-state index contributed by atoms with van der Waals surface area (Å²) in [5.74, 6) is -1.11. The van der Waals surface area contributed by atoms with E-state index < -0.39 is 43.2 Å². The molecule has 0 aliphatic carbocycles. The predicted octanol–water partition coefficient (Wildman–Crippen LogP) is 3.28. The lowest BCUT2D eigenvalue weighted by Crippen LogP contribution is -2.43. The van der Waals surface area contributed by atoms with Gasteiger partial charge in [0.05, 0.1) is 15.5 Å². The Morgan fingerprint density at radius 2 is 1.87 bits per heavy atom. The number of sulfonamides is 1. The van der Waals surface area contributed by atoms with E-state index in [1.54, 1.807) is 0 Å². The number of rotatable bonds is 6. The van der Waals surface area contributed by atoms with Crippen LogP contribution < -0.4 is 4.72 Å². The molecule has 130 valence electrons. The molecule has 0 heterocycles. The summed E-state index contributed by atoms with van der Waals surface area (Å²) in [4.78, 5) is 9.96. The van der Waals surface area contributed by atoms with E-state index in [1.165, 1.54) is 13.8 Å². The van der Waals surface area contributed by atoms with Gasteiger partial charge in [-0.15, -0.1) is 0 Å². The van der Waals surface area contributed by atoms with Crippen molar-refractivity contribution < 1.29 is 31.5 Å². The van der Waals surface area contributed by atoms with Crippen molar-refractivity contribution in [3.05, 3.63) is 28.8 Å². The summed E-state index contributed by atoms with van der Waals surface area (Å²) < 4.78 is 65.0. The average Bonchev–Trinajstić information content (AvgIpc) is 2.34. The van der Waals surface area contributed by atoms with Gasteiger partial charge in [-0.3, -0.25) is 4.79 Å². The van der Waals surface area contributed by atoms with Gasteiger partial charge < -0.3 is 5.11 Å². The van der Waals surface area contributed by atoms with E-state index in [0.717, 1.165) is 12.1 Å². The first-order chi connectivity index (χ1) is 10.2. The first kappa shape index (κ1) is 19.7. The van der Waals surface area contributed by atoms with Crippen LogP contribution in [0.4, 0.5) is 13.2 Å². The number of nitrogens with one attached hydrogen (secondary N) is 1. The van der Waals surface area contributed by atoms with Crippen LogP contribution in [0.25, 0.3) is 0 Å². The Morgan fingerprint density at radius 3 is 2.35 bits per heavy atom. The summed E-state index contributed by atoms with van der Waals surface area (Å²) in [5.41, 5.74) is -2.40. The highest BCUT2D eigenvalue weighted by Crippen LogP contribution is 2.36. The van der Waals surface area contributed by atoms with Crippen LogP contribution in [-0.2, 0) is 21.0 Å². The fraction of sp³-hybridized carbons (Fsp3) is 0.462. The van der Waals surface area contributed by atoms with E-state index in [0.29, 0.717) is 6.07 Å². The molecule has 0 unspecified atom stereocenters. The minimum atomic E-state index is -4.79. The van der Waals surface area contributed by atoms with Crippen molar-refractivity contribution in [2.75, 3.05) is 0 Å². The summed E-state index contributed by atoms with van der Waals surface area (Å²) in [5, 5.41) is 8.02. The van der Waals surface area contributed by atoms with Gasteiger partial charge in [-0.05, 0) is 38.5 Å². The van der Waals surface area contributed by atoms with Crippen LogP contribution in [0.15, 0.2) is 23.1 Å². The summed E-state index contributed by atoms with van der Waals surface area (Å²) in [6.07, 6.45) is -5.10. The lowest BCUT2D eigenvalue weighted by molar-refractivity contribution is -0.138. The van der Waals surface area contributed by atoms with Crippen molar-refractivity contribution in [1.29, 1.82) is 0 Å². The third kappa shape index (κ3) is 5.67. The molecule has 0 saturated carbocycles. The van der Waals surface area contributed by atoms with Crippen LogP contribution >= 0.6 is 11.6 Å². The summed E-state index contributed by atoms with van der Waals surface area (Å²) in [6, 6.07) is 2.24. The maximum absolute atomic E-state index is 12.8. The van der Waals surface area contributed by atoms with Gasteiger partial charge in [0, 0.05) is 12.0 Å². The Bertz CT molecular complexity index is 702. The second kappa shape index (κ2) is 6.66. The van der Waals surface area contributed by atoms with Crippen molar-refractivity contribution in [3.63, 3.8) is 0 Å². The van der Waals surface area contributed by atoms with E-state index >= 15 is 0 Å². The molecule has 0 bridgehead atoms. The Balaban J connectivity index is 3.12. The second-order valence-electron chi connectivity index (χ2n) is 5.52. The van der Waals surface area contributed by atoms with Crippen molar-refractivity contribution in [3.8, 4) is 0 Å². The molecule has 0 spiro atoms. The van der Waals surface area contributed by atoms with Gasteiger partial charge in [0.15, 0.2) is 0 Å². The van der Waals surface area contributed by atoms with Crippen LogP contribution in [0, 0.1) is 0 Å².